The molecule has 5 atom stereocenters. The van der Waals surface area contributed by atoms with Gasteiger partial charge in [-0.1, -0.05) is 6.42 Å². The molecule has 0 aromatic carbocycles. The fourth-order valence-electron chi connectivity index (χ4n) is 3.56. The Balaban J connectivity index is 2.80. The van der Waals surface area contributed by atoms with Crippen LogP contribution < -0.4 is 22.1 Å². The van der Waals surface area contributed by atoms with E-state index in [2.05, 4.69) is 10.6 Å². The minimum Gasteiger partial charge on any atom is -0.480 e. The topological polar surface area (TPSA) is 188 Å². The fraction of sp³-hybridized carbons (Fsp3) is 0.800. The van der Waals surface area contributed by atoms with Gasteiger partial charge in [0, 0.05) is 6.54 Å². The summed E-state index contributed by atoms with van der Waals surface area (Å²) in [6, 6.07) is -4.03. The molecular formula is C20H37N5O6S. The number of thioether (sulfide) groups is 1. The number of carboxylic acids is 1. The molecule has 3 amide bonds. The summed E-state index contributed by atoms with van der Waals surface area (Å²) in [5, 5.41) is 24.2. The van der Waals surface area contributed by atoms with Gasteiger partial charge >= 0.3 is 5.97 Å². The van der Waals surface area contributed by atoms with Crippen LogP contribution in [0.15, 0.2) is 0 Å². The van der Waals surface area contributed by atoms with Gasteiger partial charge < -0.3 is 37.2 Å². The van der Waals surface area contributed by atoms with Gasteiger partial charge in [0.15, 0.2) is 0 Å². The quantitative estimate of drug-likeness (QED) is 0.165. The van der Waals surface area contributed by atoms with Gasteiger partial charge in [-0.2, -0.15) is 11.8 Å². The maximum absolute atomic E-state index is 12.9. The van der Waals surface area contributed by atoms with Gasteiger partial charge in [0.25, 0.3) is 0 Å². The van der Waals surface area contributed by atoms with E-state index in [0.29, 0.717) is 44.5 Å². The second-order valence-corrected chi connectivity index (χ2v) is 8.97. The molecule has 0 bridgehead atoms. The monoisotopic (exact) mass is 475 g/mol. The van der Waals surface area contributed by atoms with E-state index >= 15 is 0 Å². The third-order valence-corrected chi connectivity index (χ3v) is 6.06. The van der Waals surface area contributed by atoms with Crippen molar-refractivity contribution in [2.45, 2.75) is 75.7 Å². The van der Waals surface area contributed by atoms with Gasteiger partial charge in [-0.3, -0.25) is 14.4 Å². The highest BCUT2D eigenvalue weighted by Gasteiger charge is 2.38. The highest BCUT2D eigenvalue weighted by molar-refractivity contribution is 7.98. The third-order valence-electron chi connectivity index (χ3n) is 5.41. The van der Waals surface area contributed by atoms with E-state index in [1.54, 1.807) is 0 Å². The van der Waals surface area contributed by atoms with Crippen molar-refractivity contribution in [2.75, 3.05) is 25.1 Å². The summed E-state index contributed by atoms with van der Waals surface area (Å²) in [6.07, 6.45) is 3.70. The second-order valence-electron chi connectivity index (χ2n) is 7.99. The van der Waals surface area contributed by atoms with Gasteiger partial charge in [0.05, 0.1) is 12.1 Å². The molecule has 32 heavy (non-hydrogen) atoms. The molecule has 1 fully saturated rings. The Labute approximate surface area is 193 Å². The Morgan fingerprint density at radius 3 is 2.44 bits per heavy atom. The van der Waals surface area contributed by atoms with Crippen LogP contribution in [-0.2, 0) is 19.2 Å². The van der Waals surface area contributed by atoms with Crippen LogP contribution in [0.1, 0.15) is 45.4 Å². The number of aliphatic carboxylic acids is 1. The molecule has 8 N–H and O–H groups in total. The molecule has 11 nitrogen and oxygen atoms in total. The molecule has 12 heteroatoms. The summed E-state index contributed by atoms with van der Waals surface area (Å²) in [5.74, 6) is -2.38. The minimum absolute atomic E-state index is 0.204. The molecule has 0 radical (unpaired) electrons. The molecule has 1 rings (SSSR count). The summed E-state index contributed by atoms with van der Waals surface area (Å²) < 4.78 is 0. The number of hydrogen-bond donors (Lipinski definition) is 6. The van der Waals surface area contributed by atoms with Crippen LogP contribution in [0.4, 0.5) is 0 Å². The number of rotatable bonds is 14. The molecule has 5 unspecified atom stereocenters. The predicted molar refractivity (Wildman–Crippen MR) is 122 cm³/mol. The predicted octanol–water partition coefficient (Wildman–Crippen LogP) is -1.38. The SMILES string of the molecule is CSCCC(NC(=O)C(NC(=O)C1CCCN1C(=O)C(N)CCCCN)C(C)O)C(=O)O. The average Bonchev–Trinajstić information content (AvgIpc) is 3.23. The lowest BCUT2D eigenvalue weighted by Crippen LogP contribution is -2.59. The number of amides is 3. The van der Waals surface area contributed by atoms with Crippen LogP contribution in [0.25, 0.3) is 0 Å². The number of carbonyl (C=O) groups excluding carboxylic acids is 3. The molecule has 1 heterocycles. The maximum atomic E-state index is 12.9. The summed E-state index contributed by atoms with van der Waals surface area (Å²) in [7, 11) is 0. The van der Waals surface area contributed by atoms with Crippen molar-refractivity contribution in [1.82, 2.24) is 15.5 Å². The summed E-state index contributed by atoms with van der Waals surface area (Å²) in [6.45, 7) is 2.22. The summed E-state index contributed by atoms with van der Waals surface area (Å²) in [5.41, 5.74) is 11.5. The van der Waals surface area contributed by atoms with Crippen molar-refractivity contribution in [3.63, 3.8) is 0 Å². The molecule has 0 aromatic heterocycles. The number of nitrogens with zero attached hydrogens (tertiary/aromatic N) is 1. The minimum atomic E-state index is -1.35. The third kappa shape index (κ3) is 8.57. The van der Waals surface area contributed by atoms with Crippen molar-refractivity contribution in [3.05, 3.63) is 0 Å². The summed E-state index contributed by atoms with van der Waals surface area (Å²) >= 11 is 1.44. The van der Waals surface area contributed by atoms with Crippen molar-refractivity contribution in [3.8, 4) is 0 Å². The molecule has 184 valence electrons. The van der Waals surface area contributed by atoms with Crippen LogP contribution in [-0.4, -0.2) is 94.2 Å². The van der Waals surface area contributed by atoms with E-state index in [1.165, 1.54) is 23.6 Å². The number of likely N-dealkylation sites (tertiary alicyclic amines) is 1. The highest BCUT2D eigenvalue weighted by atomic mass is 32.2. The molecule has 0 aliphatic carbocycles. The number of unbranched alkanes of at least 4 members (excludes halogenated alkanes) is 1. The first-order chi connectivity index (χ1) is 15.1. The van der Waals surface area contributed by atoms with E-state index < -0.39 is 48.1 Å². The van der Waals surface area contributed by atoms with Crippen molar-refractivity contribution in [2.24, 2.45) is 11.5 Å². The number of carboxylic acid groups (broad SMARTS) is 1. The zero-order chi connectivity index (χ0) is 24.3. The largest absolute Gasteiger partial charge is 0.480 e. The molecule has 0 saturated carbocycles. The van der Waals surface area contributed by atoms with Crippen molar-refractivity contribution < 1.29 is 29.4 Å². The lowest BCUT2D eigenvalue weighted by Gasteiger charge is -2.29. The number of carbonyl (C=O) groups is 4. The highest BCUT2D eigenvalue weighted by Crippen LogP contribution is 2.19. The van der Waals surface area contributed by atoms with E-state index in [0.717, 1.165) is 6.42 Å². The Morgan fingerprint density at radius 2 is 1.88 bits per heavy atom. The van der Waals surface area contributed by atoms with Crippen molar-refractivity contribution in [1.29, 1.82) is 0 Å². The number of nitrogens with one attached hydrogen (secondary N) is 2. The first-order valence-electron chi connectivity index (χ1n) is 10.9. The molecule has 1 aliphatic rings. The van der Waals surface area contributed by atoms with Gasteiger partial charge in [0.2, 0.25) is 17.7 Å². The summed E-state index contributed by atoms with van der Waals surface area (Å²) in [4.78, 5) is 51.0. The molecular weight excluding hydrogens is 438 g/mol. The van der Waals surface area contributed by atoms with Gasteiger partial charge in [-0.15, -0.1) is 0 Å². The number of aliphatic hydroxyl groups excluding tert-OH is 1. The van der Waals surface area contributed by atoms with Crippen LogP contribution >= 0.6 is 11.8 Å². The molecule has 1 saturated heterocycles. The Hall–Kier alpha value is -1.89. The number of nitrogens with two attached hydrogens (primary N) is 2. The van der Waals surface area contributed by atoms with E-state index in [4.69, 9.17) is 11.5 Å². The van der Waals surface area contributed by atoms with Crippen LogP contribution in [0.2, 0.25) is 0 Å². The molecule has 1 aliphatic heterocycles. The van der Waals surface area contributed by atoms with E-state index in [1.807, 2.05) is 6.26 Å². The van der Waals surface area contributed by atoms with E-state index in [-0.39, 0.29) is 12.3 Å². The first-order valence-corrected chi connectivity index (χ1v) is 12.3. The normalized spacial score (nSPS) is 19.7. The van der Waals surface area contributed by atoms with Crippen LogP contribution in [0, 0.1) is 0 Å². The number of aliphatic hydroxyl groups is 1. The second kappa shape index (κ2) is 14.3. The lowest BCUT2D eigenvalue weighted by atomic mass is 10.1. The Bertz CT molecular complexity index is 650. The van der Waals surface area contributed by atoms with Gasteiger partial charge in [-0.25, -0.2) is 4.79 Å². The lowest BCUT2D eigenvalue weighted by molar-refractivity contribution is -0.144. The van der Waals surface area contributed by atoms with E-state index in [9.17, 15) is 29.4 Å². The zero-order valence-electron chi connectivity index (χ0n) is 18.8. The Kier molecular flexibility index (Phi) is 12.6. The molecule has 0 aromatic rings. The standard InChI is InChI=1S/C20H37N5O6S/c1-12(26)16(18(28)23-14(20(30)31)8-11-32-2)24-17(27)15-7-5-10-25(15)19(29)13(22)6-3-4-9-21/h12-16,26H,3-11,21-22H2,1-2H3,(H,23,28)(H,24,27)(H,30,31). The maximum Gasteiger partial charge on any atom is 0.326 e. The smallest absolute Gasteiger partial charge is 0.326 e. The average molecular weight is 476 g/mol. The molecule has 0 spiro atoms. The van der Waals surface area contributed by atoms with Gasteiger partial charge in [0.1, 0.15) is 18.1 Å². The van der Waals surface area contributed by atoms with Crippen LogP contribution in [0.5, 0.6) is 0 Å². The van der Waals surface area contributed by atoms with Gasteiger partial charge in [-0.05, 0) is 57.6 Å². The first kappa shape index (κ1) is 28.1. The zero-order valence-corrected chi connectivity index (χ0v) is 19.6. The van der Waals surface area contributed by atoms with Crippen LogP contribution in [0.3, 0.4) is 0 Å². The van der Waals surface area contributed by atoms with Crippen molar-refractivity contribution >= 4 is 35.5 Å². The fourth-order valence-corrected chi connectivity index (χ4v) is 4.03. The number of hydrogen-bond acceptors (Lipinski definition) is 8. The Morgan fingerprint density at radius 1 is 1.19 bits per heavy atom.